The zero-order chi connectivity index (χ0) is 18.5. The van der Waals surface area contributed by atoms with Gasteiger partial charge in [-0.15, -0.1) is 0 Å². The van der Waals surface area contributed by atoms with Gasteiger partial charge in [0.25, 0.3) is 5.56 Å². The Morgan fingerprint density at radius 1 is 1.19 bits per heavy atom. The van der Waals surface area contributed by atoms with Gasteiger partial charge in [0, 0.05) is 11.6 Å². The predicted octanol–water partition coefficient (Wildman–Crippen LogP) is 2.26. The summed E-state index contributed by atoms with van der Waals surface area (Å²) in [6.45, 7) is -0.216. The number of hydrogen-bond acceptors (Lipinski definition) is 5. The number of carbonyl (C=O) groups is 1. The molecular weight excluding hydrogens is 334 g/mol. The van der Waals surface area contributed by atoms with Gasteiger partial charge in [-0.1, -0.05) is 24.3 Å². The molecule has 0 bridgehead atoms. The number of phenols is 1. The largest absolute Gasteiger partial charge is 0.506 e. The van der Waals surface area contributed by atoms with Crippen LogP contribution in [0.1, 0.15) is 0 Å². The monoisotopic (exact) mass is 351 g/mol. The van der Waals surface area contributed by atoms with E-state index < -0.39 is 5.91 Å². The molecule has 7 nitrogen and oxygen atoms in total. The lowest BCUT2D eigenvalue weighted by Gasteiger charge is -2.10. The zero-order valence-corrected chi connectivity index (χ0v) is 14.0. The number of para-hydroxylation sites is 3. The Morgan fingerprint density at radius 3 is 2.65 bits per heavy atom. The molecule has 0 unspecified atom stereocenters. The Balaban J connectivity index is 1.79. The van der Waals surface area contributed by atoms with Crippen molar-refractivity contribution >= 4 is 11.6 Å². The summed E-state index contributed by atoms with van der Waals surface area (Å²) in [5, 5.41) is 12.2. The molecular formula is C19H17N3O4. The van der Waals surface area contributed by atoms with Gasteiger partial charge >= 0.3 is 0 Å². The number of amides is 1. The highest BCUT2D eigenvalue weighted by molar-refractivity contribution is 5.92. The van der Waals surface area contributed by atoms with Crippen molar-refractivity contribution in [2.45, 2.75) is 6.54 Å². The molecule has 1 heterocycles. The number of aromatic nitrogens is 2. The van der Waals surface area contributed by atoms with Crippen LogP contribution in [0.15, 0.2) is 65.7 Å². The highest BCUT2D eigenvalue weighted by Gasteiger charge is 2.11. The van der Waals surface area contributed by atoms with Crippen LogP contribution in [-0.2, 0) is 11.3 Å². The molecule has 2 aromatic carbocycles. The molecule has 132 valence electrons. The standard InChI is InChI=1S/C19H17N3O4/c1-26-17-9-5-2-6-13(17)15-10-19(25)22(12-20-15)11-18(24)21-14-7-3-4-8-16(14)23/h2-10,12,23H,11H2,1H3,(H,21,24). The minimum absolute atomic E-state index is 0.0437. The van der Waals surface area contributed by atoms with Gasteiger partial charge in [-0.25, -0.2) is 4.98 Å². The third-order valence-electron chi connectivity index (χ3n) is 3.75. The molecule has 1 amide bonds. The highest BCUT2D eigenvalue weighted by Crippen LogP contribution is 2.26. The van der Waals surface area contributed by atoms with Crippen LogP contribution in [-0.4, -0.2) is 27.7 Å². The normalized spacial score (nSPS) is 10.3. The van der Waals surface area contributed by atoms with Crippen LogP contribution < -0.4 is 15.6 Å². The number of anilines is 1. The van der Waals surface area contributed by atoms with Crippen molar-refractivity contribution in [3.05, 3.63) is 71.3 Å². The number of carbonyl (C=O) groups excluding carboxylic acids is 1. The molecule has 0 saturated heterocycles. The van der Waals surface area contributed by atoms with Gasteiger partial charge in [0.05, 0.1) is 24.8 Å². The maximum atomic E-state index is 12.3. The summed E-state index contributed by atoms with van der Waals surface area (Å²) >= 11 is 0. The van der Waals surface area contributed by atoms with Crippen molar-refractivity contribution in [1.82, 2.24) is 9.55 Å². The first kappa shape index (κ1) is 17.2. The molecule has 2 N–H and O–H groups in total. The second kappa shape index (κ2) is 7.52. The van der Waals surface area contributed by atoms with Gasteiger partial charge in [-0.05, 0) is 24.3 Å². The summed E-state index contributed by atoms with van der Waals surface area (Å²) in [7, 11) is 1.55. The molecule has 7 heteroatoms. The summed E-state index contributed by atoms with van der Waals surface area (Å²) in [6.07, 6.45) is 1.31. The van der Waals surface area contributed by atoms with E-state index in [2.05, 4.69) is 10.3 Å². The smallest absolute Gasteiger partial charge is 0.254 e. The van der Waals surface area contributed by atoms with E-state index in [1.54, 1.807) is 37.4 Å². The number of hydrogen-bond donors (Lipinski definition) is 2. The molecule has 1 aromatic heterocycles. The summed E-state index contributed by atoms with van der Waals surface area (Å²) in [6, 6.07) is 15.0. The quantitative estimate of drug-likeness (QED) is 0.688. The van der Waals surface area contributed by atoms with E-state index in [1.807, 2.05) is 12.1 Å². The maximum absolute atomic E-state index is 12.3. The van der Waals surface area contributed by atoms with Crippen LogP contribution in [0.4, 0.5) is 5.69 Å². The van der Waals surface area contributed by atoms with Crippen molar-refractivity contribution in [2.75, 3.05) is 12.4 Å². The zero-order valence-electron chi connectivity index (χ0n) is 14.0. The lowest BCUT2D eigenvalue weighted by molar-refractivity contribution is -0.116. The van der Waals surface area contributed by atoms with Crippen LogP contribution in [0.2, 0.25) is 0 Å². The first-order valence-electron chi connectivity index (χ1n) is 7.86. The summed E-state index contributed by atoms with van der Waals surface area (Å²) in [5.74, 6) is 0.118. The van der Waals surface area contributed by atoms with Crippen molar-refractivity contribution in [3.8, 4) is 22.8 Å². The van der Waals surface area contributed by atoms with E-state index in [9.17, 15) is 14.7 Å². The molecule has 3 aromatic rings. The molecule has 26 heavy (non-hydrogen) atoms. The molecule has 0 aliphatic carbocycles. The Kier molecular flexibility index (Phi) is 4.98. The fourth-order valence-corrected chi connectivity index (χ4v) is 2.47. The Bertz CT molecular complexity index is 998. The SMILES string of the molecule is COc1ccccc1-c1cc(=O)n(CC(=O)Nc2ccccc2O)cn1. The van der Waals surface area contributed by atoms with Gasteiger partial charge in [-0.2, -0.15) is 0 Å². The molecule has 0 aliphatic heterocycles. The van der Waals surface area contributed by atoms with Crippen LogP contribution in [0, 0.1) is 0 Å². The van der Waals surface area contributed by atoms with E-state index in [-0.39, 0.29) is 23.5 Å². The highest BCUT2D eigenvalue weighted by atomic mass is 16.5. The van der Waals surface area contributed by atoms with Gasteiger partial charge in [-0.3, -0.25) is 14.2 Å². The number of phenolic OH excluding ortho intramolecular Hbond substituents is 1. The summed E-state index contributed by atoms with van der Waals surface area (Å²) in [5.41, 5.74) is 1.07. The van der Waals surface area contributed by atoms with Crippen molar-refractivity contribution in [1.29, 1.82) is 0 Å². The fourth-order valence-electron chi connectivity index (χ4n) is 2.47. The number of aromatic hydroxyl groups is 1. The van der Waals surface area contributed by atoms with Crippen molar-refractivity contribution < 1.29 is 14.6 Å². The maximum Gasteiger partial charge on any atom is 0.254 e. The minimum Gasteiger partial charge on any atom is -0.506 e. The Labute approximate surface area is 149 Å². The number of ether oxygens (including phenoxy) is 1. The molecule has 3 rings (SSSR count). The van der Waals surface area contributed by atoms with E-state index in [4.69, 9.17) is 4.74 Å². The van der Waals surface area contributed by atoms with Crippen molar-refractivity contribution in [2.24, 2.45) is 0 Å². The second-order valence-corrected chi connectivity index (χ2v) is 5.51. The topological polar surface area (TPSA) is 93.5 Å². The molecule has 0 radical (unpaired) electrons. The van der Waals surface area contributed by atoms with Crippen LogP contribution >= 0.6 is 0 Å². The number of methoxy groups -OCH3 is 1. The van der Waals surface area contributed by atoms with Crippen molar-refractivity contribution in [3.63, 3.8) is 0 Å². The average Bonchev–Trinajstić information content (AvgIpc) is 2.65. The third-order valence-corrected chi connectivity index (χ3v) is 3.75. The van der Waals surface area contributed by atoms with E-state index >= 15 is 0 Å². The molecule has 0 saturated carbocycles. The number of nitrogens with one attached hydrogen (secondary N) is 1. The van der Waals surface area contributed by atoms with Crippen LogP contribution in [0.25, 0.3) is 11.3 Å². The van der Waals surface area contributed by atoms with Gasteiger partial charge in [0.2, 0.25) is 5.91 Å². The van der Waals surface area contributed by atoms with Gasteiger partial charge < -0.3 is 15.2 Å². The van der Waals surface area contributed by atoms with Crippen LogP contribution in [0.5, 0.6) is 11.5 Å². The molecule has 0 atom stereocenters. The molecule has 0 fully saturated rings. The molecule has 0 aliphatic rings. The molecule has 0 spiro atoms. The lowest BCUT2D eigenvalue weighted by atomic mass is 10.1. The van der Waals surface area contributed by atoms with E-state index in [1.165, 1.54) is 23.0 Å². The lowest BCUT2D eigenvalue weighted by Crippen LogP contribution is -2.27. The first-order valence-corrected chi connectivity index (χ1v) is 7.86. The summed E-state index contributed by atoms with van der Waals surface area (Å²) < 4.78 is 6.46. The second-order valence-electron chi connectivity index (χ2n) is 5.51. The third kappa shape index (κ3) is 3.72. The Hall–Kier alpha value is -3.61. The first-order chi connectivity index (χ1) is 12.6. The van der Waals surface area contributed by atoms with E-state index in [0.717, 1.165) is 0 Å². The van der Waals surface area contributed by atoms with E-state index in [0.29, 0.717) is 17.0 Å². The average molecular weight is 351 g/mol. The summed E-state index contributed by atoms with van der Waals surface area (Å²) in [4.78, 5) is 28.7. The Morgan fingerprint density at radius 2 is 1.92 bits per heavy atom. The number of rotatable bonds is 5. The fraction of sp³-hybridized carbons (Fsp3) is 0.105. The number of benzene rings is 2. The minimum atomic E-state index is -0.444. The predicted molar refractivity (Wildman–Crippen MR) is 97.2 cm³/mol. The number of nitrogens with zero attached hydrogens (tertiary/aromatic N) is 2. The van der Waals surface area contributed by atoms with Crippen LogP contribution in [0.3, 0.4) is 0 Å². The van der Waals surface area contributed by atoms with Gasteiger partial charge in [0.15, 0.2) is 0 Å². The van der Waals surface area contributed by atoms with Gasteiger partial charge in [0.1, 0.15) is 18.0 Å².